The third-order valence-corrected chi connectivity index (χ3v) is 3.25. The topological polar surface area (TPSA) is 53.9 Å². The van der Waals surface area contributed by atoms with Crippen LogP contribution in [0.4, 0.5) is 21.8 Å². The summed E-state index contributed by atoms with van der Waals surface area (Å²) in [4.78, 5) is 6.39. The third-order valence-electron chi connectivity index (χ3n) is 2.96. The summed E-state index contributed by atoms with van der Waals surface area (Å²) in [6.45, 7) is 3.04. The molecule has 1 aromatic heterocycles. The Bertz CT molecular complexity index is 608. The monoisotopic (exact) mass is 309 g/mol. The van der Waals surface area contributed by atoms with Crippen LogP contribution < -0.4 is 10.2 Å². The van der Waals surface area contributed by atoms with Gasteiger partial charge in [0.25, 0.3) is 0 Å². The SMILES string of the molecule is CCCCN(C)c1cnnc(Nc2ccc(F)c(Cl)c2)n1. The van der Waals surface area contributed by atoms with Crippen LogP contribution in [0.15, 0.2) is 24.4 Å². The fourth-order valence-electron chi connectivity index (χ4n) is 1.74. The molecule has 0 amide bonds. The van der Waals surface area contributed by atoms with Gasteiger partial charge < -0.3 is 10.2 Å². The van der Waals surface area contributed by atoms with E-state index in [1.54, 1.807) is 12.3 Å². The summed E-state index contributed by atoms with van der Waals surface area (Å²) in [6.07, 6.45) is 3.80. The van der Waals surface area contributed by atoms with Gasteiger partial charge in [-0.25, -0.2) is 4.39 Å². The second-order valence-corrected chi connectivity index (χ2v) is 5.07. The van der Waals surface area contributed by atoms with Crippen molar-refractivity contribution in [3.63, 3.8) is 0 Å². The lowest BCUT2D eigenvalue weighted by atomic mass is 10.3. The molecule has 1 heterocycles. The van der Waals surface area contributed by atoms with Crippen LogP contribution in [0.2, 0.25) is 5.02 Å². The zero-order chi connectivity index (χ0) is 15.2. The number of benzene rings is 1. The molecular formula is C14H17ClFN5. The van der Waals surface area contributed by atoms with E-state index in [4.69, 9.17) is 11.6 Å². The summed E-state index contributed by atoms with van der Waals surface area (Å²) in [5.41, 5.74) is 0.608. The molecule has 5 nitrogen and oxygen atoms in total. The first-order valence-corrected chi connectivity index (χ1v) is 7.11. The van der Waals surface area contributed by atoms with Crippen molar-refractivity contribution in [1.29, 1.82) is 0 Å². The van der Waals surface area contributed by atoms with Crippen LogP contribution in [0.1, 0.15) is 19.8 Å². The maximum atomic E-state index is 13.1. The van der Waals surface area contributed by atoms with E-state index in [9.17, 15) is 4.39 Å². The van der Waals surface area contributed by atoms with Crippen molar-refractivity contribution in [2.45, 2.75) is 19.8 Å². The van der Waals surface area contributed by atoms with E-state index < -0.39 is 5.82 Å². The van der Waals surface area contributed by atoms with Gasteiger partial charge in [-0.3, -0.25) is 0 Å². The molecule has 0 radical (unpaired) electrons. The molecule has 112 valence electrons. The van der Waals surface area contributed by atoms with E-state index in [1.807, 2.05) is 11.9 Å². The van der Waals surface area contributed by atoms with Crippen LogP contribution >= 0.6 is 11.6 Å². The number of nitrogens with one attached hydrogen (secondary N) is 1. The van der Waals surface area contributed by atoms with E-state index in [0.717, 1.165) is 25.2 Å². The maximum absolute atomic E-state index is 13.1. The van der Waals surface area contributed by atoms with Gasteiger partial charge in [0, 0.05) is 19.3 Å². The summed E-state index contributed by atoms with van der Waals surface area (Å²) in [7, 11) is 1.96. The van der Waals surface area contributed by atoms with Gasteiger partial charge in [0.15, 0.2) is 5.82 Å². The van der Waals surface area contributed by atoms with Gasteiger partial charge in [-0.05, 0) is 24.6 Å². The van der Waals surface area contributed by atoms with Gasteiger partial charge in [-0.2, -0.15) is 10.1 Å². The van der Waals surface area contributed by atoms with E-state index in [2.05, 4.69) is 27.4 Å². The number of halogens is 2. The predicted octanol–water partition coefficient (Wildman–Crippen LogP) is 3.64. The van der Waals surface area contributed by atoms with Gasteiger partial charge in [0.2, 0.25) is 5.95 Å². The Hall–Kier alpha value is -1.95. The molecule has 7 heteroatoms. The van der Waals surface area contributed by atoms with Crippen LogP contribution in [-0.4, -0.2) is 28.8 Å². The van der Waals surface area contributed by atoms with Gasteiger partial charge in [0.05, 0.1) is 11.2 Å². The van der Waals surface area contributed by atoms with Crippen molar-refractivity contribution in [3.05, 3.63) is 35.2 Å². The first-order chi connectivity index (χ1) is 10.1. The van der Waals surface area contributed by atoms with Crippen LogP contribution in [-0.2, 0) is 0 Å². The van der Waals surface area contributed by atoms with Crippen molar-refractivity contribution in [3.8, 4) is 0 Å². The smallest absolute Gasteiger partial charge is 0.249 e. The number of unbranched alkanes of at least 4 members (excludes halogenated alkanes) is 1. The molecule has 0 bridgehead atoms. The van der Waals surface area contributed by atoms with Gasteiger partial charge in [0.1, 0.15) is 5.82 Å². The van der Waals surface area contributed by atoms with Gasteiger partial charge in [-0.1, -0.05) is 24.9 Å². The predicted molar refractivity (Wildman–Crippen MR) is 82.7 cm³/mol. The minimum atomic E-state index is -0.464. The quantitative estimate of drug-likeness (QED) is 0.883. The zero-order valence-corrected chi connectivity index (χ0v) is 12.7. The van der Waals surface area contributed by atoms with Crippen molar-refractivity contribution < 1.29 is 4.39 Å². The largest absolute Gasteiger partial charge is 0.358 e. The lowest BCUT2D eigenvalue weighted by Crippen LogP contribution is -2.20. The van der Waals surface area contributed by atoms with E-state index >= 15 is 0 Å². The molecule has 0 aliphatic rings. The molecule has 0 aliphatic carbocycles. The average molecular weight is 310 g/mol. The Morgan fingerprint density at radius 1 is 1.38 bits per heavy atom. The Morgan fingerprint density at radius 2 is 2.19 bits per heavy atom. The standard InChI is InChI=1S/C14H17ClFN5/c1-3-4-7-21(2)13-9-17-20-14(19-13)18-10-5-6-12(16)11(15)8-10/h5-6,8-9H,3-4,7H2,1-2H3,(H,18,19,20). The van der Waals surface area contributed by atoms with Gasteiger partial charge in [-0.15, -0.1) is 5.10 Å². The Morgan fingerprint density at radius 3 is 2.90 bits per heavy atom. The maximum Gasteiger partial charge on any atom is 0.249 e. The first-order valence-electron chi connectivity index (χ1n) is 6.73. The molecular weight excluding hydrogens is 293 g/mol. The highest BCUT2D eigenvalue weighted by atomic mass is 35.5. The summed E-state index contributed by atoms with van der Waals surface area (Å²) < 4.78 is 13.1. The molecule has 0 fully saturated rings. The molecule has 21 heavy (non-hydrogen) atoms. The number of hydrogen-bond donors (Lipinski definition) is 1. The molecule has 0 atom stereocenters. The third kappa shape index (κ3) is 4.26. The van der Waals surface area contributed by atoms with Crippen LogP contribution in [0.25, 0.3) is 0 Å². The second-order valence-electron chi connectivity index (χ2n) is 4.67. The Balaban J connectivity index is 2.11. The van der Waals surface area contributed by atoms with E-state index in [1.165, 1.54) is 12.1 Å². The number of nitrogens with zero attached hydrogens (tertiary/aromatic N) is 4. The Labute approximate surface area is 128 Å². The summed E-state index contributed by atoms with van der Waals surface area (Å²) in [5, 5.41) is 10.8. The molecule has 2 aromatic rings. The number of rotatable bonds is 6. The lowest BCUT2D eigenvalue weighted by molar-refractivity contribution is 0.628. The van der Waals surface area contributed by atoms with Crippen molar-refractivity contribution in [2.24, 2.45) is 0 Å². The second kappa shape index (κ2) is 7.17. The van der Waals surface area contributed by atoms with E-state index in [-0.39, 0.29) is 5.02 Å². The summed E-state index contributed by atoms with van der Waals surface area (Å²) in [5.74, 6) is 0.613. The number of aromatic nitrogens is 3. The molecule has 0 spiro atoms. The lowest BCUT2D eigenvalue weighted by Gasteiger charge is -2.17. The van der Waals surface area contributed by atoms with Crippen LogP contribution in [0.3, 0.4) is 0 Å². The fraction of sp³-hybridized carbons (Fsp3) is 0.357. The van der Waals surface area contributed by atoms with Gasteiger partial charge >= 0.3 is 0 Å². The van der Waals surface area contributed by atoms with Crippen molar-refractivity contribution >= 4 is 29.1 Å². The fourth-order valence-corrected chi connectivity index (χ4v) is 1.93. The number of hydrogen-bond acceptors (Lipinski definition) is 5. The van der Waals surface area contributed by atoms with E-state index in [0.29, 0.717) is 11.6 Å². The Kier molecular flexibility index (Phi) is 5.27. The van der Waals surface area contributed by atoms with Crippen LogP contribution in [0.5, 0.6) is 0 Å². The summed E-state index contributed by atoms with van der Waals surface area (Å²) >= 11 is 5.74. The molecule has 1 aromatic carbocycles. The average Bonchev–Trinajstić information content (AvgIpc) is 2.49. The highest BCUT2D eigenvalue weighted by Gasteiger charge is 2.07. The minimum absolute atomic E-state index is 0.0455. The first kappa shape index (κ1) is 15.4. The molecule has 1 N–H and O–H groups in total. The number of anilines is 3. The molecule has 0 saturated carbocycles. The highest BCUT2D eigenvalue weighted by Crippen LogP contribution is 2.21. The summed E-state index contributed by atoms with van der Waals surface area (Å²) in [6, 6.07) is 4.33. The molecule has 0 unspecified atom stereocenters. The zero-order valence-electron chi connectivity index (χ0n) is 12.0. The highest BCUT2D eigenvalue weighted by molar-refractivity contribution is 6.31. The van der Waals surface area contributed by atoms with Crippen molar-refractivity contribution in [2.75, 3.05) is 23.8 Å². The minimum Gasteiger partial charge on any atom is -0.358 e. The molecule has 0 aliphatic heterocycles. The molecule has 2 rings (SSSR count). The molecule has 0 saturated heterocycles. The normalized spacial score (nSPS) is 10.5. The van der Waals surface area contributed by atoms with Crippen molar-refractivity contribution in [1.82, 2.24) is 15.2 Å². The van der Waals surface area contributed by atoms with Crippen LogP contribution in [0, 0.1) is 5.82 Å².